The Hall–Kier alpha value is -0.540. The Morgan fingerprint density at radius 3 is 3.40 bits per heavy atom. The fourth-order valence-corrected chi connectivity index (χ4v) is 1.68. The monoisotopic (exact) mass is 152 g/mol. The van der Waals surface area contributed by atoms with Gasteiger partial charge in [-0.3, -0.25) is 0 Å². The highest BCUT2D eigenvalue weighted by Crippen LogP contribution is 2.18. The molecule has 0 fully saturated rings. The number of rotatable bonds is 0. The zero-order valence-corrected chi connectivity index (χ0v) is 6.48. The zero-order valence-electron chi connectivity index (χ0n) is 5.66. The molecule has 0 saturated carbocycles. The Labute approximate surface area is 64.4 Å². The molecule has 1 heterocycles. The lowest BCUT2D eigenvalue weighted by molar-refractivity contribution is 0.996. The van der Waals surface area contributed by atoms with Crippen molar-refractivity contribution in [3.8, 4) is 0 Å². The number of fused-ring (bicyclic) bond motifs is 1. The summed E-state index contributed by atoms with van der Waals surface area (Å²) >= 11 is 1.42. The summed E-state index contributed by atoms with van der Waals surface area (Å²) in [4.78, 5) is 0. The van der Waals surface area contributed by atoms with Crippen LogP contribution >= 0.6 is 12.1 Å². The summed E-state index contributed by atoms with van der Waals surface area (Å²) < 4.78 is 7.36. The normalized spacial score (nSPS) is 29.5. The third kappa shape index (κ3) is 0.914. The first kappa shape index (κ1) is 6.19. The molecule has 1 aliphatic heterocycles. The number of hydrogen-bond acceptors (Lipinski definition) is 3. The molecule has 0 aromatic heterocycles. The van der Waals surface area contributed by atoms with Crippen LogP contribution < -0.4 is 4.72 Å². The maximum atomic E-state index is 4.18. The number of allylic oxidation sites excluding steroid dienone is 2. The standard InChI is InChI=1S/C7H8N2S/c1-5-2-3-6-7(4-5)9-10-8-6/h2-4,7,9H,1H3. The molecule has 2 aliphatic rings. The summed E-state index contributed by atoms with van der Waals surface area (Å²) in [5.74, 6) is 0. The Balaban J connectivity index is 2.32. The smallest absolute Gasteiger partial charge is 0.0803 e. The summed E-state index contributed by atoms with van der Waals surface area (Å²) in [6.45, 7) is 2.10. The Bertz CT molecular complexity index is 240. The van der Waals surface area contributed by atoms with Gasteiger partial charge < -0.3 is 0 Å². The van der Waals surface area contributed by atoms with Gasteiger partial charge in [-0.15, -0.1) is 0 Å². The Kier molecular flexibility index (Phi) is 1.39. The van der Waals surface area contributed by atoms with E-state index in [1.165, 1.54) is 17.7 Å². The van der Waals surface area contributed by atoms with Crippen molar-refractivity contribution in [3.05, 3.63) is 23.8 Å². The molecule has 0 radical (unpaired) electrons. The van der Waals surface area contributed by atoms with E-state index in [0.29, 0.717) is 6.04 Å². The molecule has 10 heavy (non-hydrogen) atoms. The van der Waals surface area contributed by atoms with E-state index < -0.39 is 0 Å². The van der Waals surface area contributed by atoms with Gasteiger partial charge in [0.1, 0.15) is 0 Å². The topological polar surface area (TPSA) is 24.4 Å². The largest absolute Gasteiger partial charge is 0.231 e. The Morgan fingerprint density at radius 2 is 2.50 bits per heavy atom. The van der Waals surface area contributed by atoms with Crippen molar-refractivity contribution in [2.24, 2.45) is 4.40 Å². The first-order valence-electron chi connectivity index (χ1n) is 3.22. The lowest BCUT2D eigenvalue weighted by Crippen LogP contribution is -2.25. The molecule has 1 unspecified atom stereocenters. The quantitative estimate of drug-likeness (QED) is 0.532. The van der Waals surface area contributed by atoms with Gasteiger partial charge in [0.2, 0.25) is 0 Å². The summed E-state index contributed by atoms with van der Waals surface area (Å²) in [5.41, 5.74) is 2.44. The van der Waals surface area contributed by atoms with Crippen LogP contribution in [0.15, 0.2) is 28.2 Å². The first-order chi connectivity index (χ1) is 4.86. The maximum Gasteiger partial charge on any atom is 0.0803 e. The van der Waals surface area contributed by atoms with Crippen LogP contribution in [0.25, 0.3) is 0 Å². The number of nitrogens with one attached hydrogen (secondary N) is 1. The molecule has 0 bridgehead atoms. The van der Waals surface area contributed by atoms with Crippen molar-refractivity contribution in [2.75, 3.05) is 0 Å². The average Bonchev–Trinajstić information content (AvgIpc) is 2.33. The van der Waals surface area contributed by atoms with E-state index in [-0.39, 0.29) is 0 Å². The highest BCUT2D eigenvalue weighted by atomic mass is 32.2. The number of hydrogen-bond donors (Lipinski definition) is 1. The van der Waals surface area contributed by atoms with Crippen molar-refractivity contribution in [3.63, 3.8) is 0 Å². The second-order valence-electron chi connectivity index (χ2n) is 2.45. The summed E-state index contributed by atoms with van der Waals surface area (Å²) in [5, 5.41) is 0. The van der Waals surface area contributed by atoms with E-state index in [2.05, 4.69) is 34.3 Å². The van der Waals surface area contributed by atoms with Gasteiger partial charge in [0.15, 0.2) is 0 Å². The van der Waals surface area contributed by atoms with Crippen molar-refractivity contribution >= 4 is 17.8 Å². The third-order valence-electron chi connectivity index (χ3n) is 1.60. The molecule has 52 valence electrons. The van der Waals surface area contributed by atoms with Crippen LogP contribution in [0.5, 0.6) is 0 Å². The van der Waals surface area contributed by atoms with Gasteiger partial charge in [-0.25, -0.2) is 9.12 Å². The van der Waals surface area contributed by atoms with Crippen LogP contribution in [-0.4, -0.2) is 11.8 Å². The molecule has 3 heteroatoms. The average molecular weight is 152 g/mol. The predicted octanol–water partition coefficient (Wildman–Crippen LogP) is 1.48. The van der Waals surface area contributed by atoms with Crippen molar-refractivity contribution < 1.29 is 0 Å². The minimum absolute atomic E-state index is 0.356. The molecule has 0 aromatic carbocycles. The van der Waals surface area contributed by atoms with Crippen molar-refractivity contribution in [1.82, 2.24) is 4.72 Å². The van der Waals surface area contributed by atoms with Crippen molar-refractivity contribution in [2.45, 2.75) is 13.0 Å². The molecule has 0 amide bonds. The van der Waals surface area contributed by atoms with Crippen LogP contribution in [0.4, 0.5) is 0 Å². The van der Waals surface area contributed by atoms with E-state index in [9.17, 15) is 0 Å². The molecular formula is C7H8N2S. The second kappa shape index (κ2) is 2.25. The van der Waals surface area contributed by atoms with Crippen LogP contribution in [0, 0.1) is 0 Å². The SMILES string of the molecule is CC1=CC2NSN=C2C=C1. The first-order valence-corrected chi connectivity index (χ1v) is 3.99. The lowest BCUT2D eigenvalue weighted by atomic mass is 10.0. The summed E-state index contributed by atoms with van der Waals surface area (Å²) in [6.07, 6.45) is 6.33. The summed E-state index contributed by atoms with van der Waals surface area (Å²) in [7, 11) is 0. The van der Waals surface area contributed by atoms with Crippen LogP contribution in [0.2, 0.25) is 0 Å². The fraction of sp³-hybridized carbons (Fsp3) is 0.286. The highest BCUT2D eigenvalue weighted by Gasteiger charge is 2.18. The van der Waals surface area contributed by atoms with Gasteiger partial charge in [0, 0.05) is 0 Å². The van der Waals surface area contributed by atoms with Crippen LogP contribution in [0.3, 0.4) is 0 Å². The minimum atomic E-state index is 0.356. The molecule has 0 aromatic rings. The molecule has 1 aliphatic carbocycles. The molecule has 1 atom stereocenters. The van der Waals surface area contributed by atoms with Gasteiger partial charge >= 0.3 is 0 Å². The fourth-order valence-electron chi connectivity index (χ4n) is 1.04. The van der Waals surface area contributed by atoms with Gasteiger partial charge in [-0.1, -0.05) is 17.7 Å². The summed E-state index contributed by atoms with van der Waals surface area (Å²) in [6, 6.07) is 0.356. The molecular weight excluding hydrogens is 144 g/mol. The van der Waals surface area contributed by atoms with Crippen LogP contribution in [0.1, 0.15) is 6.92 Å². The predicted molar refractivity (Wildman–Crippen MR) is 44.8 cm³/mol. The number of nitrogens with zero attached hydrogens (tertiary/aromatic N) is 1. The van der Waals surface area contributed by atoms with Gasteiger partial charge in [-0.05, 0) is 13.0 Å². The van der Waals surface area contributed by atoms with Gasteiger partial charge in [-0.2, -0.15) is 0 Å². The Morgan fingerprint density at radius 1 is 1.60 bits per heavy atom. The van der Waals surface area contributed by atoms with E-state index >= 15 is 0 Å². The zero-order chi connectivity index (χ0) is 6.97. The molecule has 0 saturated heterocycles. The molecule has 2 rings (SSSR count). The van der Waals surface area contributed by atoms with Gasteiger partial charge in [0.25, 0.3) is 0 Å². The lowest BCUT2D eigenvalue weighted by Gasteiger charge is -2.09. The van der Waals surface area contributed by atoms with E-state index in [1.54, 1.807) is 0 Å². The third-order valence-corrected chi connectivity index (χ3v) is 2.26. The molecule has 1 N–H and O–H groups in total. The maximum absolute atomic E-state index is 4.18. The van der Waals surface area contributed by atoms with Crippen molar-refractivity contribution in [1.29, 1.82) is 0 Å². The second-order valence-corrected chi connectivity index (χ2v) is 3.05. The van der Waals surface area contributed by atoms with E-state index in [1.807, 2.05) is 0 Å². The highest BCUT2D eigenvalue weighted by molar-refractivity contribution is 7.96. The van der Waals surface area contributed by atoms with Gasteiger partial charge in [0.05, 0.1) is 23.9 Å². The molecule has 2 nitrogen and oxygen atoms in total. The van der Waals surface area contributed by atoms with E-state index in [0.717, 1.165) is 5.71 Å². The van der Waals surface area contributed by atoms with E-state index in [4.69, 9.17) is 0 Å². The van der Waals surface area contributed by atoms with Crippen LogP contribution in [-0.2, 0) is 0 Å². The minimum Gasteiger partial charge on any atom is -0.231 e. The molecule has 0 spiro atoms.